The van der Waals surface area contributed by atoms with Crippen LogP contribution in [0.4, 0.5) is 13.2 Å². The van der Waals surface area contributed by atoms with Gasteiger partial charge in [0, 0.05) is 0 Å². The van der Waals surface area contributed by atoms with E-state index in [0.29, 0.717) is 31.6 Å². The van der Waals surface area contributed by atoms with E-state index in [1.807, 2.05) is 6.92 Å². The quantitative estimate of drug-likeness (QED) is 0.590. The van der Waals surface area contributed by atoms with Crippen molar-refractivity contribution in [2.24, 2.45) is 11.8 Å². The highest BCUT2D eigenvalue weighted by Crippen LogP contribution is 2.39. The third-order valence-corrected chi connectivity index (χ3v) is 2.88. The monoisotopic (exact) mass is 206 g/mol. The fourth-order valence-electron chi connectivity index (χ4n) is 1.97. The first kappa shape index (κ1) is 11.6. The van der Waals surface area contributed by atoms with Crippen molar-refractivity contribution in [1.82, 2.24) is 0 Å². The number of allylic oxidation sites excluding steroid dienone is 2. The minimum absolute atomic E-state index is 0.308. The van der Waals surface area contributed by atoms with E-state index >= 15 is 0 Å². The molecule has 0 amide bonds. The summed E-state index contributed by atoms with van der Waals surface area (Å²) in [6.45, 7) is 2.04. The smallest absolute Gasteiger partial charge is 0.171 e. The van der Waals surface area contributed by atoms with Gasteiger partial charge in [-0.1, -0.05) is 19.1 Å². The number of alkyl halides is 3. The van der Waals surface area contributed by atoms with Crippen LogP contribution in [0.1, 0.15) is 39.0 Å². The van der Waals surface area contributed by atoms with Crippen molar-refractivity contribution in [3.05, 3.63) is 12.2 Å². The van der Waals surface area contributed by atoms with Crippen LogP contribution in [0.2, 0.25) is 0 Å². The Kier molecular flexibility index (Phi) is 4.02. The van der Waals surface area contributed by atoms with Crippen LogP contribution >= 0.6 is 0 Å². The Bertz CT molecular complexity index is 185. The molecule has 82 valence electrons. The van der Waals surface area contributed by atoms with E-state index in [-0.39, 0.29) is 0 Å². The second kappa shape index (κ2) is 4.85. The predicted octanol–water partition coefficient (Wildman–Crippen LogP) is 4.32. The minimum atomic E-state index is -3.97. The van der Waals surface area contributed by atoms with Crippen molar-refractivity contribution >= 4 is 0 Å². The summed E-state index contributed by atoms with van der Waals surface area (Å²) in [6.07, 6.45) is 3.13. The fraction of sp³-hybridized carbons (Fsp3) is 0.818. The highest BCUT2D eigenvalue weighted by atomic mass is 19.4. The lowest BCUT2D eigenvalue weighted by molar-refractivity contribution is -0.183. The van der Waals surface area contributed by atoms with Gasteiger partial charge in [0.1, 0.15) is 0 Å². The standard InChI is InChI=1S/C11H17F3/c1-2-3-4-9-5-7-10(8-6-9)11(12,13)14/h3-4,9-10H,2,5-8H2,1H3/b4-3+. The Morgan fingerprint density at radius 2 is 1.71 bits per heavy atom. The van der Waals surface area contributed by atoms with Crippen LogP contribution in [0.5, 0.6) is 0 Å². The van der Waals surface area contributed by atoms with Crippen molar-refractivity contribution in [2.45, 2.75) is 45.2 Å². The molecule has 14 heavy (non-hydrogen) atoms. The zero-order chi connectivity index (χ0) is 10.6. The Labute approximate surface area is 83.2 Å². The third kappa shape index (κ3) is 3.35. The first-order valence-electron chi connectivity index (χ1n) is 5.27. The zero-order valence-electron chi connectivity index (χ0n) is 8.48. The van der Waals surface area contributed by atoms with E-state index in [9.17, 15) is 13.2 Å². The molecule has 0 radical (unpaired) electrons. The summed E-state index contributed by atoms with van der Waals surface area (Å²) in [7, 11) is 0. The van der Waals surface area contributed by atoms with Crippen molar-refractivity contribution in [3.63, 3.8) is 0 Å². The number of hydrogen-bond acceptors (Lipinski definition) is 0. The molecule has 0 spiro atoms. The maximum atomic E-state index is 12.3. The van der Waals surface area contributed by atoms with E-state index < -0.39 is 12.1 Å². The van der Waals surface area contributed by atoms with E-state index in [2.05, 4.69) is 12.2 Å². The number of rotatable bonds is 2. The molecular weight excluding hydrogens is 189 g/mol. The molecule has 0 aromatic heterocycles. The SMILES string of the molecule is CC/C=C/C1CCC(C(F)(F)F)CC1. The maximum absolute atomic E-state index is 12.3. The van der Waals surface area contributed by atoms with Gasteiger partial charge in [-0.3, -0.25) is 0 Å². The normalized spacial score (nSPS) is 29.7. The highest BCUT2D eigenvalue weighted by Gasteiger charge is 2.40. The molecule has 0 bridgehead atoms. The first-order chi connectivity index (χ1) is 6.54. The number of halogens is 3. The molecule has 1 aliphatic rings. The summed E-state index contributed by atoms with van der Waals surface area (Å²) in [4.78, 5) is 0. The van der Waals surface area contributed by atoms with Gasteiger partial charge in [-0.05, 0) is 38.0 Å². The lowest BCUT2D eigenvalue weighted by atomic mass is 9.81. The average Bonchev–Trinajstić information content (AvgIpc) is 2.14. The molecular formula is C11H17F3. The van der Waals surface area contributed by atoms with Crippen LogP contribution in [0.15, 0.2) is 12.2 Å². The van der Waals surface area contributed by atoms with Crippen molar-refractivity contribution in [3.8, 4) is 0 Å². The molecule has 1 rings (SSSR count). The van der Waals surface area contributed by atoms with Gasteiger partial charge in [0.2, 0.25) is 0 Å². The lowest BCUT2D eigenvalue weighted by Crippen LogP contribution is -2.27. The summed E-state index contributed by atoms with van der Waals surface area (Å²) in [5.74, 6) is -0.665. The zero-order valence-corrected chi connectivity index (χ0v) is 8.48. The third-order valence-electron chi connectivity index (χ3n) is 2.88. The van der Waals surface area contributed by atoms with Crippen LogP contribution in [0.25, 0.3) is 0 Å². The predicted molar refractivity (Wildman–Crippen MR) is 50.9 cm³/mol. The van der Waals surface area contributed by atoms with Gasteiger partial charge in [0.05, 0.1) is 5.92 Å². The summed E-state index contributed by atoms with van der Waals surface area (Å²) in [5, 5.41) is 0. The van der Waals surface area contributed by atoms with Crippen molar-refractivity contribution in [2.75, 3.05) is 0 Å². The van der Waals surface area contributed by atoms with Gasteiger partial charge in [-0.2, -0.15) is 13.2 Å². The average molecular weight is 206 g/mol. The fourth-order valence-corrected chi connectivity index (χ4v) is 1.97. The Morgan fingerprint density at radius 3 is 2.14 bits per heavy atom. The van der Waals surface area contributed by atoms with Crippen molar-refractivity contribution < 1.29 is 13.2 Å². The van der Waals surface area contributed by atoms with E-state index in [4.69, 9.17) is 0 Å². The maximum Gasteiger partial charge on any atom is 0.391 e. The molecule has 0 N–H and O–H groups in total. The Hall–Kier alpha value is -0.470. The highest BCUT2D eigenvalue weighted by molar-refractivity contribution is 4.91. The van der Waals surface area contributed by atoms with Gasteiger partial charge in [0.15, 0.2) is 0 Å². The second-order valence-corrected chi connectivity index (χ2v) is 3.99. The van der Waals surface area contributed by atoms with Gasteiger partial charge in [-0.25, -0.2) is 0 Å². The molecule has 1 aliphatic carbocycles. The molecule has 1 fully saturated rings. The largest absolute Gasteiger partial charge is 0.391 e. The van der Waals surface area contributed by atoms with Gasteiger partial charge >= 0.3 is 6.18 Å². The van der Waals surface area contributed by atoms with Gasteiger partial charge in [0.25, 0.3) is 0 Å². The topological polar surface area (TPSA) is 0 Å². The molecule has 0 saturated heterocycles. The minimum Gasteiger partial charge on any atom is -0.171 e. The molecule has 0 unspecified atom stereocenters. The molecule has 1 saturated carbocycles. The van der Waals surface area contributed by atoms with Crippen LogP contribution in [0, 0.1) is 11.8 Å². The second-order valence-electron chi connectivity index (χ2n) is 3.99. The first-order valence-corrected chi connectivity index (χ1v) is 5.27. The van der Waals surface area contributed by atoms with Gasteiger partial charge < -0.3 is 0 Å². The molecule has 0 atom stereocenters. The van der Waals surface area contributed by atoms with Gasteiger partial charge in [-0.15, -0.1) is 0 Å². The van der Waals surface area contributed by atoms with E-state index in [1.165, 1.54) is 0 Å². The number of hydrogen-bond donors (Lipinski definition) is 0. The molecule has 0 nitrogen and oxygen atoms in total. The summed E-state index contributed by atoms with van der Waals surface area (Å²) >= 11 is 0. The molecule has 0 aromatic carbocycles. The van der Waals surface area contributed by atoms with E-state index in [0.717, 1.165) is 6.42 Å². The molecule has 3 heteroatoms. The summed E-state index contributed by atoms with van der Waals surface area (Å²) < 4.78 is 36.9. The van der Waals surface area contributed by atoms with Crippen molar-refractivity contribution in [1.29, 1.82) is 0 Å². The van der Waals surface area contributed by atoms with E-state index in [1.54, 1.807) is 0 Å². The van der Waals surface area contributed by atoms with Crippen LogP contribution in [-0.4, -0.2) is 6.18 Å². The van der Waals surface area contributed by atoms with Crippen LogP contribution in [-0.2, 0) is 0 Å². The van der Waals surface area contributed by atoms with Crippen LogP contribution < -0.4 is 0 Å². The van der Waals surface area contributed by atoms with Crippen LogP contribution in [0.3, 0.4) is 0 Å². The Balaban J connectivity index is 2.35. The lowest BCUT2D eigenvalue weighted by Gasteiger charge is -2.28. The summed E-state index contributed by atoms with van der Waals surface area (Å²) in [6, 6.07) is 0. The molecule has 0 aliphatic heterocycles. The Morgan fingerprint density at radius 1 is 1.14 bits per heavy atom. The molecule has 0 heterocycles. The molecule has 0 aromatic rings. The summed E-state index contributed by atoms with van der Waals surface area (Å²) in [5.41, 5.74) is 0.